The lowest BCUT2D eigenvalue weighted by atomic mass is 9.69. The predicted molar refractivity (Wildman–Crippen MR) is 122 cm³/mol. The van der Waals surface area contributed by atoms with Crippen LogP contribution in [-0.2, 0) is 0 Å². The van der Waals surface area contributed by atoms with Gasteiger partial charge < -0.3 is 15.3 Å². The molecule has 3 N–H and O–H groups in total. The van der Waals surface area contributed by atoms with Crippen molar-refractivity contribution in [3.8, 4) is 0 Å². The first kappa shape index (κ1) is 22.3. The predicted octanol–water partition coefficient (Wildman–Crippen LogP) is 5.46. The zero-order chi connectivity index (χ0) is 21.5. The highest BCUT2D eigenvalue weighted by molar-refractivity contribution is 5.38. The van der Waals surface area contributed by atoms with Crippen molar-refractivity contribution in [3.05, 3.63) is 35.5 Å². The lowest BCUT2D eigenvalue weighted by Crippen LogP contribution is -2.28. The molecule has 0 aromatic heterocycles. The van der Waals surface area contributed by atoms with Gasteiger partial charge in [-0.3, -0.25) is 0 Å². The monoisotopic (exact) mass is 414 g/mol. The summed E-state index contributed by atoms with van der Waals surface area (Å²) in [6.45, 7) is 7.93. The van der Waals surface area contributed by atoms with E-state index in [9.17, 15) is 15.3 Å². The van der Waals surface area contributed by atoms with Crippen molar-refractivity contribution in [1.29, 1.82) is 0 Å². The van der Waals surface area contributed by atoms with Crippen LogP contribution in [0.3, 0.4) is 0 Å². The van der Waals surface area contributed by atoms with E-state index in [1.807, 2.05) is 13.8 Å². The fourth-order valence-corrected chi connectivity index (χ4v) is 6.93. The Hall–Kier alpha value is -0.900. The molecule has 4 aliphatic rings. The normalized spacial score (nSPS) is 38.8. The Morgan fingerprint density at radius 2 is 1.90 bits per heavy atom. The lowest BCUT2D eigenvalue weighted by Gasteiger charge is -2.36. The molecule has 4 aliphatic carbocycles. The Labute approximate surface area is 183 Å². The maximum Gasteiger partial charge on any atom is 0.0811 e. The summed E-state index contributed by atoms with van der Waals surface area (Å²) in [5.74, 6) is 2.42. The molecular formula is C27H42O3. The minimum absolute atomic E-state index is 0.411. The Bertz CT molecular complexity index is 706. The topological polar surface area (TPSA) is 60.7 Å². The lowest BCUT2D eigenvalue weighted by molar-refractivity contribution is 0.0633. The van der Waals surface area contributed by atoms with Crippen LogP contribution in [0.5, 0.6) is 0 Å². The summed E-state index contributed by atoms with van der Waals surface area (Å²) in [6.07, 6.45) is 17.1. The third-order valence-electron chi connectivity index (χ3n) is 8.71. The molecule has 5 atom stereocenters. The number of fused-ring (bicyclic) bond motifs is 1. The molecule has 0 aromatic carbocycles. The van der Waals surface area contributed by atoms with E-state index in [0.717, 1.165) is 41.7 Å². The second-order valence-electron chi connectivity index (χ2n) is 11.4. The average Bonchev–Trinajstić information content (AvgIpc) is 3.31. The van der Waals surface area contributed by atoms with E-state index in [0.29, 0.717) is 18.3 Å². The molecule has 4 rings (SSSR count). The van der Waals surface area contributed by atoms with Crippen LogP contribution >= 0.6 is 0 Å². The fraction of sp³-hybridized carbons (Fsp3) is 0.778. The van der Waals surface area contributed by atoms with Crippen molar-refractivity contribution in [2.75, 3.05) is 0 Å². The second-order valence-corrected chi connectivity index (χ2v) is 11.4. The zero-order valence-corrected chi connectivity index (χ0v) is 19.1. The molecule has 3 nitrogen and oxygen atoms in total. The molecule has 0 heterocycles. The molecule has 0 aromatic rings. The van der Waals surface area contributed by atoms with E-state index < -0.39 is 17.8 Å². The van der Waals surface area contributed by atoms with E-state index >= 15 is 0 Å². The zero-order valence-electron chi connectivity index (χ0n) is 19.1. The van der Waals surface area contributed by atoms with E-state index in [1.165, 1.54) is 51.4 Å². The van der Waals surface area contributed by atoms with Gasteiger partial charge in [0.05, 0.1) is 17.8 Å². The Morgan fingerprint density at radius 1 is 1.13 bits per heavy atom. The molecule has 4 saturated carbocycles. The number of aliphatic hydroxyl groups excluding tert-OH is 2. The van der Waals surface area contributed by atoms with Gasteiger partial charge in [-0.2, -0.15) is 0 Å². The van der Waals surface area contributed by atoms with Crippen molar-refractivity contribution in [1.82, 2.24) is 0 Å². The summed E-state index contributed by atoms with van der Waals surface area (Å²) in [6, 6.07) is 0. The van der Waals surface area contributed by atoms with Crippen LogP contribution in [0.1, 0.15) is 90.9 Å². The van der Waals surface area contributed by atoms with Crippen LogP contribution < -0.4 is 0 Å². The summed E-state index contributed by atoms with van der Waals surface area (Å²) in [5, 5.41) is 30.2. The number of hydrogen-bond donors (Lipinski definition) is 3. The summed E-state index contributed by atoms with van der Waals surface area (Å²) in [5.41, 5.74) is 3.44. The minimum Gasteiger partial charge on any atom is -0.393 e. The van der Waals surface area contributed by atoms with Crippen molar-refractivity contribution in [2.24, 2.45) is 23.2 Å². The maximum atomic E-state index is 10.1. The number of aliphatic hydroxyl groups is 3. The van der Waals surface area contributed by atoms with E-state index in [-0.39, 0.29) is 0 Å². The molecule has 0 spiro atoms. The largest absolute Gasteiger partial charge is 0.393 e. The van der Waals surface area contributed by atoms with E-state index in [1.54, 1.807) is 5.57 Å². The molecular weight excluding hydrogens is 372 g/mol. The number of rotatable bonds is 6. The highest BCUT2D eigenvalue weighted by Gasteiger charge is 2.55. The first-order valence-electron chi connectivity index (χ1n) is 12.4. The van der Waals surface area contributed by atoms with Crippen LogP contribution in [0.4, 0.5) is 0 Å². The van der Waals surface area contributed by atoms with Gasteiger partial charge in [0.25, 0.3) is 0 Å². The molecule has 168 valence electrons. The summed E-state index contributed by atoms with van der Waals surface area (Å²) in [4.78, 5) is 0. The second kappa shape index (κ2) is 8.56. The minimum atomic E-state index is -0.605. The van der Waals surface area contributed by atoms with Gasteiger partial charge in [-0.25, -0.2) is 0 Å². The van der Waals surface area contributed by atoms with Crippen LogP contribution in [0, 0.1) is 23.2 Å². The van der Waals surface area contributed by atoms with Gasteiger partial charge in [0.15, 0.2) is 0 Å². The Balaban J connectivity index is 1.43. The van der Waals surface area contributed by atoms with Crippen LogP contribution in [0.25, 0.3) is 0 Å². The van der Waals surface area contributed by atoms with Crippen molar-refractivity contribution in [2.45, 2.75) is 109 Å². The van der Waals surface area contributed by atoms with E-state index in [2.05, 4.69) is 18.7 Å². The Kier molecular flexibility index (Phi) is 6.36. The molecule has 0 saturated heterocycles. The standard InChI is InChI=1S/C27H42O3/c1-18-20(16-21(28)17-25(18)29)9-8-19-6-4-7-23-22(19)10-11-24(23)27(14-15-27)13-5-12-26(2,3)30/h8-9,21-25,28-30H,1,4-7,10-17H2,2-3H3/b19-8+,20-9-/t21-,22?,23?,24+,25+/m1/s1. The highest BCUT2D eigenvalue weighted by Crippen LogP contribution is 2.65. The van der Waals surface area contributed by atoms with E-state index in [4.69, 9.17) is 0 Å². The average molecular weight is 415 g/mol. The molecule has 3 heteroatoms. The maximum absolute atomic E-state index is 10.1. The molecule has 0 bridgehead atoms. The highest BCUT2D eigenvalue weighted by atomic mass is 16.3. The van der Waals surface area contributed by atoms with Crippen molar-refractivity contribution < 1.29 is 15.3 Å². The summed E-state index contributed by atoms with van der Waals surface area (Å²) in [7, 11) is 0. The smallest absolute Gasteiger partial charge is 0.0811 e. The first-order chi connectivity index (χ1) is 14.2. The van der Waals surface area contributed by atoms with Crippen LogP contribution in [0.15, 0.2) is 35.5 Å². The summed E-state index contributed by atoms with van der Waals surface area (Å²) >= 11 is 0. The molecule has 2 unspecified atom stereocenters. The number of hydrogen-bond acceptors (Lipinski definition) is 3. The molecule has 30 heavy (non-hydrogen) atoms. The van der Waals surface area contributed by atoms with Crippen LogP contribution in [-0.4, -0.2) is 33.1 Å². The third-order valence-corrected chi connectivity index (χ3v) is 8.71. The third kappa shape index (κ3) is 4.79. The van der Waals surface area contributed by atoms with Gasteiger partial charge in [-0.05, 0) is 112 Å². The number of allylic oxidation sites excluding steroid dienone is 3. The molecule has 0 amide bonds. The van der Waals surface area contributed by atoms with Gasteiger partial charge in [0.2, 0.25) is 0 Å². The quantitative estimate of drug-likeness (QED) is 0.541. The Morgan fingerprint density at radius 3 is 2.60 bits per heavy atom. The summed E-state index contributed by atoms with van der Waals surface area (Å²) < 4.78 is 0. The van der Waals surface area contributed by atoms with Crippen molar-refractivity contribution >= 4 is 0 Å². The first-order valence-corrected chi connectivity index (χ1v) is 12.4. The van der Waals surface area contributed by atoms with Gasteiger partial charge in [-0.15, -0.1) is 0 Å². The molecule has 0 aliphatic heterocycles. The van der Waals surface area contributed by atoms with Gasteiger partial charge in [-0.1, -0.05) is 30.7 Å². The SMILES string of the molecule is C=C1/C(=C\C=C2/CCCC3C2CC[C@@H]3C2(CCCC(C)(C)O)CC2)C[C@@H](O)C[C@@H]1O. The van der Waals surface area contributed by atoms with Gasteiger partial charge >= 0.3 is 0 Å². The van der Waals surface area contributed by atoms with Crippen LogP contribution in [0.2, 0.25) is 0 Å². The fourth-order valence-electron chi connectivity index (χ4n) is 6.93. The molecule has 0 radical (unpaired) electrons. The van der Waals surface area contributed by atoms with Crippen molar-refractivity contribution in [3.63, 3.8) is 0 Å². The van der Waals surface area contributed by atoms with Gasteiger partial charge in [0, 0.05) is 6.42 Å². The molecule has 4 fully saturated rings. The van der Waals surface area contributed by atoms with Gasteiger partial charge in [0.1, 0.15) is 0 Å².